The van der Waals surface area contributed by atoms with Gasteiger partial charge in [0.2, 0.25) is 5.91 Å². The smallest absolute Gasteiger partial charge is 0.238 e. The molecule has 25 heavy (non-hydrogen) atoms. The Labute approximate surface area is 146 Å². The normalized spacial score (nSPS) is 21.2. The zero-order valence-corrected chi connectivity index (χ0v) is 14.2. The van der Waals surface area contributed by atoms with E-state index < -0.39 is 6.10 Å². The lowest BCUT2D eigenvalue weighted by atomic mass is 9.88. The van der Waals surface area contributed by atoms with Crippen LogP contribution in [-0.4, -0.2) is 51.4 Å². The van der Waals surface area contributed by atoms with Crippen LogP contribution in [0.2, 0.25) is 0 Å². The highest BCUT2D eigenvalue weighted by molar-refractivity contribution is 5.91. The number of nitrogens with one attached hydrogen (secondary N) is 1. The lowest BCUT2D eigenvalue weighted by Crippen LogP contribution is -2.46. The number of rotatable bonds is 5. The Balaban J connectivity index is 1.56. The number of anilines is 1. The third kappa shape index (κ3) is 4.64. The molecule has 7 heteroatoms. The summed E-state index contributed by atoms with van der Waals surface area (Å²) in [5.41, 5.74) is 1.26. The van der Waals surface area contributed by atoms with E-state index in [1.807, 2.05) is 4.90 Å². The Hall–Kier alpha value is -2.25. The van der Waals surface area contributed by atoms with E-state index in [0.717, 1.165) is 0 Å². The largest absolute Gasteiger partial charge is 0.393 e. The average molecular weight is 346 g/mol. The number of aromatic nitrogens is 2. The lowest BCUT2D eigenvalue weighted by Gasteiger charge is -2.36. The van der Waals surface area contributed by atoms with Gasteiger partial charge >= 0.3 is 0 Å². The average Bonchev–Trinajstić information content (AvgIpc) is 2.97. The van der Waals surface area contributed by atoms with E-state index in [1.165, 1.54) is 6.07 Å². The van der Waals surface area contributed by atoms with Crippen LogP contribution >= 0.6 is 0 Å². The van der Waals surface area contributed by atoms with Crippen LogP contribution in [0.1, 0.15) is 12.0 Å². The molecule has 0 spiro atoms. The van der Waals surface area contributed by atoms with Crippen molar-refractivity contribution in [3.8, 4) is 0 Å². The molecule has 2 atom stereocenters. The maximum Gasteiger partial charge on any atom is 0.238 e. The van der Waals surface area contributed by atoms with Crippen molar-refractivity contribution in [2.45, 2.75) is 18.9 Å². The highest BCUT2D eigenvalue weighted by Crippen LogP contribution is 2.22. The molecule has 2 N–H and O–H groups in total. The molecule has 1 saturated heterocycles. The molecule has 1 aliphatic rings. The first kappa shape index (κ1) is 17.6. The molecule has 0 saturated carbocycles. The van der Waals surface area contributed by atoms with E-state index in [1.54, 1.807) is 42.3 Å². The van der Waals surface area contributed by atoms with Crippen LogP contribution in [0.3, 0.4) is 0 Å². The van der Waals surface area contributed by atoms with E-state index in [0.29, 0.717) is 37.2 Å². The first-order valence-corrected chi connectivity index (χ1v) is 8.43. The summed E-state index contributed by atoms with van der Waals surface area (Å²) in [6, 6.07) is 6.64. The number of likely N-dealkylation sites (tertiary alicyclic amines) is 1. The molecule has 3 rings (SSSR count). The first-order valence-electron chi connectivity index (χ1n) is 8.43. The summed E-state index contributed by atoms with van der Waals surface area (Å²) in [6.45, 7) is 1.46. The van der Waals surface area contributed by atoms with Crippen molar-refractivity contribution in [1.29, 1.82) is 0 Å². The Morgan fingerprint density at radius 3 is 2.96 bits per heavy atom. The molecular formula is C18H23FN4O2. The fraction of sp³-hybridized carbons (Fsp3) is 0.444. The van der Waals surface area contributed by atoms with Crippen LogP contribution in [0.4, 0.5) is 10.1 Å². The minimum Gasteiger partial charge on any atom is -0.393 e. The predicted molar refractivity (Wildman–Crippen MR) is 92.5 cm³/mol. The van der Waals surface area contributed by atoms with Gasteiger partial charge in [0.25, 0.3) is 0 Å². The highest BCUT2D eigenvalue weighted by atomic mass is 19.1. The van der Waals surface area contributed by atoms with Crippen molar-refractivity contribution in [3.05, 3.63) is 48.0 Å². The zero-order chi connectivity index (χ0) is 17.8. The number of aliphatic hydroxyl groups excluding tert-OH is 1. The summed E-state index contributed by atoms with van der Waals surface area (Å²) in [7, 11) is 1.79. The van der Waals surface area contributed by atoms with E-state index in [2.05, 4.69) is 10.4 Å². The Bertz CT molecular complexity index is 733. The van der Waals surface area contributed by atoms with Crippen molar-refractivity contribution in [2.24, 2.45) is 13.0 Å². The second-order valence-electron chi connectivity index (χ2n) is 6.60. The summed E-state index contributed by atoms with van der Waals surface area (Å²) in [5.74, 6) is -0.452. The SMILES string of the molecule is Cn1cc(NC(=O)CN2CC[C@H](O)[C@H](Cc3ccccc3F)C2)cn1. The number of amides is 1. The number of carbonyl (C=O) groups is 1. The van der Waals surface area contributed by atoms with Gasteiger partial charge in [0.05, 0.1) is 24.5 Å². The number of nitrogens with zero attached hydrogens (tertiary/aromatic N) is 3. The number of benzene rings is 1. The molecule has 0 aliphatic carbocycles. The second kappa shape index (κ2) is 7.76. The highest BCUT2D eigenvalue weighted by Gasteiger charge is 2.29. The monoisotopic (exact) mass is 346 g/mol. The Morgan fingerprint density at radius 2 is 2.24 bits per heavy atom. The third-order valence-electron chi connectivity index (χ3n) is 4.57. The molecule has 2 heterocycles. The molecule has 134 valence electrons. The van der Waals surface area contributed by atoms with Crippen molar-refractivity contribution >= 4 is 11.6 Å². The summed E-state index contributed by atoms with van der Waals surface area (Å²) < 4.78 is 15.5. The summed E-state index contributed by atoms with van der Waals surface area (Å²) >= 11 is 0. The van der Waals surface area contributed by atoms with Crippen LogP contribution in [-0.2, 0) is 18.3 Å². The second-order valence-corrected chi connectivity index (χ2v) is 6.60. The van der Waals surface area contributed by atoms with Crippen LogP contribution < -0.4 is 5.32 Å². The van der Waals surface area contributed by atoms with E-state index >= 15 is 0 Å². The van der Waals surface area contributed by atoms with Crippen molar-refractivity contribution in [2.75, 3.05) is 25.0 Å². The number of carbonyl (C=O) groups excluding carboxylic acids is 1. The molecule has 1 aromatic carbocycles. The number of aryl methyl sites for hydroxylation is 1. The fourth-order valence-electron chi connectivity index (χ4n) is 3.28. The molecule has 1 fully saturated rings. The lowest BCUT2D eigenvalue weighted by molar-refractivity contribution is -0.118. The molecule has 1 aliphatic heterocycles. The summed E-state index contributed by atoms with van der Waals surface area (Å²) in [6.07, 6.45) is 3.91. The number of aliphatic hydroxyl groups is 1. The standard InChI is InChI=1S/C18H23FN4O2/c1-22-11-15(9-20-22)21-18(25)12-23-7-6-17(24)14(10-23)8-13-4-2-3-5-16(13)19/h2-5,9,11,14,17,24H,6-8,10,12H2,1H3,(H,21,25)/t14-,17+/m1/s1. The quantitative estimate of drug-likeness (QED) is 0.859. The van der Waals surface area contributed by atoms with Crippen molar-refractivity contribution in [3.63, 3.8) is 0 Å². The molecule has 0 radical (unpaired) electrons. The summed E-state index contributed by atoms with van der Waals surface area (Å²) in [5, 5.41) is 17.1. The van der Waals surface area contributed by atoms with Crippen molar-refractivity contribution in [1.82, 2.24) is 14.7 Å². The minimum absolute atomic E-state index is 0.0863. The van der Waals surface area contributed by atoms with Gasteiger partial charge in [-0.25, -0.2) is 4.39 Å². The van der Waals surface area contributed by atoms with Crippen LogP contribution in [0.15, 0.2) is 36.7 Å². The molecule has 0 unspecified atom stereocenters. The maximum atomic E-state index is 13.9. The van der Waals surface area contributed by atoms with Gasteiger partial charge < -0.3 is 10.4 Å². The zero-order valence-electron chi connectivity index (χ0n) is 14.2. The van der Waals surface area contributed by atoms with Crippen LogP contribution in [0.5, 0.6) is 0 Å². The number of halogens is 1. The molecule has 0 bridgehead atoms. The predicted octanol–water partition coefficient (Wildman–Crippen LogP) is 1.42. The van der Waals surface area contributed by atoms with E-state index in [4.69, 9.17) is 0 Å². The van der Waals surface area contributed by atoms with Crippen LogP contribution in [0.25, 0.3) is 0 Å². The number of piperidine rings is 1. The van der Waals surface area contributed by atoms with Gasteiger partial charge in [0, 0.05) is 32.3 Å². The van der Waals surface area contributed by atoms with Crippen LogP contribution in [0, 0.1) is 11.7 Å². The van der Waals surface area contributed by atoms with Gasteiger partial charge in [-0.3, -0.25) is 14.4 Å². The molecule has 1 amide bonds. The maximum absolute atomic E-state index is 13.9. The molecular weight excluding hydrogens is 323 g/mol. The van der Waals surface area contributed by atoms with E-state index in [9.17, 15) is 14.3 Å². The molecule has 6 nitrogen and oxygen atoms in total. The minimum atomic E-state index is -0.475. The number of hydrogen-bond donors (Lipinski definition) is 2. The van der Waals surface area contributed by atoms with Gasteiger partial charge in [0.1, 0.15) is 5.82 Å². The summed E-state index contributed by atoms with van der Waals surface area (Å²) in [4.78, 5) is 14.2. The fourth-order valence-corrected chi connectivity index (χ4v) is 3.28. The molecule has 1 aromatic heterocycles. The van der Waals surface area contributed by atoms with E-state index in [-0.39, 0.29) is 24.2 Å². The van der Waals surface area contributed by atoms with Gasteiger partial charge in [-0.15, -0.1) is 0 Å². The Morgan fingerprint density at radius 1 is 1.44 bits per heavy atom. The number of hydrogen-bond acceptors (Lipinski definition) is 4. The van der Waals surface area contributed by atoms with Gasteiger partial charge in [-0.2, -0.15) is 5.10 Å². The topological polar surface area (TPSA) is 70.4 Å². The van der Waals surface area contributed by atoms with Gasteiger partial charge in [0.15, 0.2) is 0 Å². The van der Waals surface area contributed by atoms with Crippen molar-refractivity contribution < 1.29 is 14.3 Å². The first-order chi connectivity index (χ1) is 12.0. The van der Waals surface area contributed by atoms with Gasteiger partial charge in [-0.05, 0) is 24.5 Å². The van der Waals surface area contributed by atoms with Gasteiger partial charge in [-0.1, -0.05) is 18.2 Å². The molecule has 2 aromatic rings. The Kier molecular flexibility index (Phi) is 5.45. The third-order valence-corrected chi connectivity index (χ3v) is 4.57.